The zero-order valence-electron chi connectivity index (χ0n) is 14.9. The molecule has 0 N–H and O–H groups in total. The first-order chi connectivity index (χ1) is 13.4. The van der Waals surface area contributed by atoms with Crippen molar-refractivity contribution in [3.05, 3.63) is 71.7 Å². The SMILES string of the molecule is O=C(c1cccnc1)N1CCCn2nc(-c3ccc(C(F)(F)F)cc3)cc2C1. The Morgan fingerprint density at radius 2 is 1.86 bits per heavy atom. The molecule has 3 aromatic rings. The fourth-order valence-corrected chi connectivity index (χ4v) is 3.28. The Morgan fingerprint density at radius 1 is 1.07 bits per heavy atom. The van der Waals surface area contributed by atoms with Gasteiger partial charge in [-0.2, -0.15) is 18.3 Å². The zero-order chi connectivity index (χ0) is 19.7. The Kier molecular flexibility index (Phi) is 4.62. The number of aromatic nitrogens is 3. The van der Waals surface area contributed by atoms with Gasteiger partial charge in [0.15, 0.2) is 0 Å². The molecule has 0 radical (unpaired) electrons. The molecule has 1 aliphatic heterocycles. The molecule has 0 fully saturated rings. The Bertz CT molecular complexity index is 981. The molecule has 0 aliphatic carbocycles. The first-order valence-corrected chi connectivity index (χ1v) is 8.85. The number of benzene rings is 1. The maximum Gasteiger partial charge on any atom is 0.416 e. The second kappa shape index (κ2) is 7.10. The van der Waals surface area contributed by atoms with Crippen LogP contribution in [-0.4, -0.2) is 32.1 Å². The normalized spacial score (nSPS) is 14.5. The number of nitrogens with zero attached hydrogens (tertiary/aromatic N) is 4. The van der Waals surface area contributed by atoms with Gasteiger partial charge in [-0.3, -0.25) is 14.5 Å². The summed E-state index contributed by atoms with van der Waals surface area (Å²) in [5.74, 6) is -0.0983. The second-order valence-electron chi connectivity index (χ2n) is 6.64. The minimum absolute atomic E-state index is 0.0983. The van der Waals surface area contributed by atoms with Crippen molar-refractivity contribution < 1.29 is 18.0 Å². The largest absolute Gasteiger partial charge is 0.416 e. The van der Waals surface area contributed by atoms with Crippen LogP contribution in [0.5, 0.6) is 0 Å². The lowest BCUT2D eigenvalue weighted by molar-refractivity contribution is -0.137. The predicted molar refractivity (Wildman–Crippen MR) is 96.3 cm³/mol. The number of amides is 1. The lowest BCUT2D eigenvalue weighted by Crippen LogP contribution is -2.30. The van der Waals surface area contributed by atoms with E-state index in [1.54, 1.807) is 23.2 Å². The van der Waals surface area contributed by atoms with Crippen molar-refractivity contribution in [2.75, 3.05) is 6.54 Å². The minimum Gasteiger partial charge on any atom is -0.333 e. The van der Waals surface area contributed by atoms with Crippen LogP contribution < -0.4 is 0 Å². The number of aryl methyl sites for hydroxylation is 1. The summed E-state index contributed by atoms with van der Waals surface area (Å²) >= 11 is 0. The van der Waals surface area contributed by atoms with Crippen LogP contribution >= 0.6 is 0 Å². The second-order valence-corrected chi connectivity index (χ2v) is 6.64. The summed E-state index contributed by atoms with van der Waals surface area (Å²) in [6.45, 7) is 1.64. The topological polar surface area (TPSA) is 51.0 Å². The summed E-state index contributed by atoms with van der Waals surface area (Å²) in [6, 6.07) is 10.2. The molecule has 0 unspecified atom stereocenters. The molecule has 28 heavy (non-hydrogen) atoms. The highest BCUT2D eigenvalue weighted by atomic mass is 19.4. The van der Waals surface area contributed by atoms with Gasteiger partial charge < -0.3 is 4.90 Å². The van der Waals surface area contributed by atoms with Gasteiger partial charge in [0, 0.05) is 31.0 Å². The highest BCUT2D eigenvalue weighted by molar-refractivity contribution is 5.93. The highest BCUT2D eigenvalue weighted by Crippen LogP contribution is 2.31. The molecule has 144 valence electrons. The van der Waals surface area contributed by atoms with E-state index >= 15 is 0 Å². The van der Waals surface area contributed by atoms with Crippen molar-refractivity contribution in [3.63, 3.8) is 0 Å². The van der Waals surface area contributed by atoms with Crippen LogP contribution in [0.3, 0.4) is 0 Å². The third-order valence-corrected chi connectivity index (χ3v) is 4.72. The van der Waals surface area contributed by atoms with Crippen LogP contribution in [0.2, 0.25) is 0 Å². The molecule has 2 aromatic heterocycles. The molecular formula is C20H17F3N4O. The van der Waals surface area contributed by atoms with Crippen molar-refractivity contribution >= 4 is 5.91 Å². The first kappa shape index (κ1) is 18.2. The van der Waals surface area contributed by atoms with E-state index in [0.29, 0.717) is 36.5 Å². The van der Waals surface area contributed by atoms with E-state index in [2.05, 4.69) is 10.1 Å². The van der Waals surface area contributed by atoms with Gasteiger partial charge in [-0.25, -0.2) is 0 Å². The van der Waals surface area contributed by atoms with Crippen LogP contribution in [0.1, 0.15) is 28.0 Å². The van der Waals surface area contributed by atoms with Gasteiger partial charge in [0.25, 0.3) is 5.91 Å². The monoisotopic (exact) mass is 386 g/mol. The Hall–Kier alpha value is -3.16. The molecule has 5 nitrogen and oxygen atoms in total. The molecule has 0 bridgehead atoms. The maximum absolute atomic E-state index is 12.7. The van der Waals surface area contributed by atoms with Crippen molar-refractivity contribution in [2.24, 2.45) is 0 Å². The lowest BCUT2D eigenvalue weighted by atomic mass is 10.1. The molecule has 0 atom stereocenters. The number of carbonyl (C=O) groups is 1. The zero-order valence-corrected chi connectivity index (χ0v) is 14.9. The van der Waals surface area contributed by atoms with E-state index in [-0.39, 0.29) is 5.91 Å². The molecule has 4 rings (SSSR count). The van der Waals surface area contributed by atoms with E-state index in [1.807, 2.05) is 10.7 Å². The number of halogens is 3. The average Bonchev–Trinajstić information content (AvgIpc) is 2.99. The van der Waals surface area contributed by atoms with E-state index in [9.17, 15) is 18.0 Å². The number of carbonyl (C=O) groups excluding carboxylic acids is 1. The molecule has 8 heteroatoms. The molecule has 1 aliphatic rings. The number of hydrogen-bond acceptors (Lipinski definition) is 3. The number of alkyl halides is 3. The molecule has 1 amide bonds. The smallest absolute Gasteiger partial charge is 0.333 e. The van der Waals surface area contributed by atoms with Crippen molar-refractivity contribution in [2.45, 2.75) is 25.7 Å². The molecule has 0 saturated heterocycles. The summed E-state index contributed by atoms with van der Waals surface area (Å²) in [4.78, 5) is 18.5. The van der Waals surface area contributed by atoms with Crippen molar-refractivity contribution in [3.8, 4) is 11.3 Å². The lowest BCUT2D eigenvalue weighted by Gasteiger charge is -2.19. The van der Waals surface area contributed by atoms with Crippen molar-refractivity contribution in [1.29, 1.82) is 0 Å². The van der Waals surface area contributed by atoms with Gasteiger partial charge in [-0.05, 0) is 36.8 Å². The Labute approximate surface area is 159 Å². The van der Waals surface area contributed by atoms with Crippen molar-refractivity contribution in [1.82, 2.24) is 19.7 Å². The maximum atomic E-state index is 12.7. The summed E-state index contributed by atoms with van der Waals surface area (Å²) in [5, 5.41) is 4.52. The summed E-state index contributed by atoms with van der Waals surface area (Å²) in [7, 11) is 0. The van der Waals surface area contributed by atoms with Gasteiger partial charge >= 0.3 is 6.18 Å². The van der Waals surface area contributed by atoms with Gasteiger partial charge in [0.1, 0.15) is 0 Å². The Morgan fingerprint density at radius 3 is 2.54 bits per heavy atom. The van der Waals surface area contributed by atoms with E-state index in [0.717, 1.165) is 24.2 Å². The highest BCUT2D eigenvalue weighted by Gasteiger charge is 2.30. The summed E-state index contributed by atoms with van der Waals surface area (Å²) < 4.78 is 40.1. The standard InChI is InChI=1S/C20H17F3N4O/c21-20(22,23)16-6-4-14(5-7-16)18-11-17-13-26(9-2-10-27(17)25-18)19(28)15-3-1-8-24-12-15/h1,3-8,11-12H,2,9-10,13H2. The van der Waals surface area contributed by atoms with E-state index in [1.165, 1.54) is 18.3 Å². The predicted octanol–water partition coefficient (Wildman–Crippen LogP) is 4.01. The molecule has 0 saturated carbocycles. The third kappa shape index (κ3) is 3.62. The van der Waals surface area contributed by atoms with Crippen LogP contribution in [-0.2, 0) is 19.3 Å². The van der Waals surface area contributed by atoms with Gasteiger partial charge in [-0.15, -0.1) is 0 Å². The number of hydrogen-bond donors (Lipinski definition) is 0. The van der Waals surface area contributed by atoms with Crippen LogP contribution in [0.15, 0.2) is 54.9 Å². The van der Waals surface area contributed by atoms with Crippen LogP contribution in [0.4, 0.5) is 13.2 Å². The third-order valence-electron chi connectivity index (χ3n) is 4.72. The summed E-state index contributed by atoms with van der Waals surface area (Å²) in [6.07, 6.45) is -0.465. The number of pyridine rings is 1. The molecule has 1 aromatic carbocycles. The number of fused-ring (bicyclic) bond motifs is 1. The fourth-order valence-electron chi connectivity index (χ4n) is 3.28. The van der Waals surface area contributed by atoms with E-state index < -0.39 is 11.7 Å². The Balaban J connectivity index is 1.57. The van der Waals surface area contributed by atoms with Gasteiger partial charge in [0.05, 0.1) is 29.1 Å². The molecular weight excluding hydrogens is 369 g/mol. The van der Waals surface area contributed by atoms with Gasteiger partial charge in [-0.1, -0.05) is 12.1 Å². The quantitative estimate of drug-likeness (QED) is 0.669. The van der Waals surface area contributed by atoms with Gasteiger partial charge in [0.2, 0.25) is 0 Å². The molecule has 3 heterocycles. The van der Waals surface area contributed by atoms with Crippen LogP contribution in [0.25, 0.3) is 11.3 Å². The average molecular weight is 386 g/mol. The minimum atomic E-state index is -4.36. The van der Waals surface area contributed by atoms with E-state index in [4.69, 9.17) is 0 Å². The van der Waals surface area contributed by atoms with Crippen LogP contribution in [0, 0.1) is 0 Å². The number of rotatable bonds is 2. The molecule has 0 spiro atoms. The fraction of sp³-hybridized carbons (Fsp3) is 0.250. The first-order valence-electron chi connectivity index (χ1n) is 8.85. The summed E-state index contributed by atoms with van der Waals surface area (Å²) in [5.41, 5.74) is 1.89.